The number of ether oxygens (including phenoxy) is 1. The number of aryl methyl sites for hydroxylation is 1. The van der Waals surface area contributed by atoms with Crippen LogP contribution in [0.5, 0.6) is 0 Å². The molecular weight excluding hydrogens is 394 g/mol. The van der Waals surface area contributed by atoms with Gasteiger partial charge in [-0.1, -0.05) is 21.1 Å². The first-order chi connectivity index (χ1) is 11.9. The number of carbonyl (C=O) groups excluding carboxylic acids is 3. The van der Waals surface area contributed by atoms with Crippen molar-refractivity contribution in [2.45, 2.75) is 13.3 Å². The van der Waals surface area contributed by atoms with Gasteiger partial charge in [-0.15, -0.1) is 0 Å². The third kappa shape index (κ3) is 6.38. The van der Waals surface area contributed by atoms with Crippen LogP contribution in [0.25, 0.3) is 0 Å². The number of aromatic nitrogens is 1. The van der Waals surface area contributed by atoms with E-state index in [1.807, 2.05) is 0 Å². The molecule has 2 N–H and O–H groups in total. The summed E-state index contributed by atoms with van der Waals surface area (Å²) in [5, 5.41) is 8.61. The van der Waals surface area contributed by atoms with Crippen LogP contribution in [0.2, 0.25) is 0 Å². The monoisotopic (exact) mass is 409 g/mol. The minimum Gasteiger partial charge on any atom is -0.456 e. The zero-order valence-electron chi connectivity index (χ0n) is 13.4. The number of amides is 2. The summed E-state index contributed by atoms with van der Waals surface area (Å²) in [5.41, 5.74) is 0.485. The van der Waals surface area contributed by atoms with Gasteiger partial charge >= 0.3 is 5.97 Å². The van der Waals surface area contributed by atoms with Crippen LogP contribution < -0.4 is 10.6 Å². The first-order valence-corrected chi connectivity index (χ1v) is 8.16. The highest BCUT2D eigenvalue weighted by Crippen LogP contribution is 2.10. The highest BCUT2D eigenvalue weighted by molar-refractivity contribution is 9.10. The zero-order valence-corrected chi connectivity index (χ0v) is 15.0. The fraction of sp³-hybridized carbons (Fsp3) is 0.250. The molecule has 0 unspecified atom stereocenters. The molecule has 0 aliphatic carbocycles. The van der Waals surface area contributed by atoms with E-state index in [0.717, 1.165) is 4.47 Å². The lowest BCUT2D eigenvalue weighted by Crippen LogP contribution is -2.27. The van der Waals surface area contributed by atoms with Crippen molar-refractivity contribution in [1.82, 2.24) is 10.5 Å². The summed E-state index contributed by atoms with van der Waals surface area (Å²) in [7, 11) is 0. The molecule has 0 bridgehead atoms. The number of nitrogens with zero attached hydrogens (tertiary/aromatic N) is 1. The largest absolute Gasteiger partial charge is 0.456 e. The van der Waals surface area contributed by atoms with Crippen LogP contribution in [0.4, 0.5) is 5.82 Å². The van der Waals surface area contributed by atoms with Gasteiger partial charge in [-0.25, -0.2) is 0 Å². The van der Waals surface area contributed by atoms with Crippen LogP contribution in [0.1, 0.15) is 22.5 Å². The van der Waals surface area contributed by atoms with E-state index in [2.05, 4.69) is 31.7 Å². The number of esters is 1. The zero-order chi connectivity index (χ0) is 18.2. The molecule has 0 aliphatic rings. The minimum atomic E-state index is -0.595. The first kappa shape index (κ1) is 18.7. The lowest BCUT2D eigenvalue weighted by Gasteiger charge is -2.06. The summed E-state index contributed by atoms with van der Waals surface area (Å²) >= 11 is 3.28. The van der Waals surface area contributed by atoms with Gasteiger partial charge in [0.25, 0.3) is 11.8 Å². The van der Waals surface area contributed by atoms with E-state index in [1.165, 1.54) is 6.07 Å². The average molecular weight is 410 g/mol. The van der Waals surface area contributed by atoms with Crippen LogP contribution in [0, 0.1) is 6.92 Å². The predicted octanol–water partition coefficient (Wildman–Crippen LogP) is 2.05. The van der Waals surface area contributed by atoms with Gasteiger partial charge in [-0.2, -0.15) is 0 Å². The third-order valence-corrected chi connectivity index (χ3v) is 3.51. The van der Waals surface area contributed by atoms with E-state index in [4.69, 9.17) is 9.26 Å². The van der Waals surface area contributed by atoms with Crippen molar-refractivity contribution < 1.29 is 23.6 Å². The smallest absolute Gasteiger partial charge is 0.308 e. The molecule has 2 rings (SSSR count). The Morgan fingerprint density at radius 2 is 1.96 bits per heavy atom. The molecule has 0 atom stereocenters. The molecule has 1 aromatic carbocycles. The SMILES string of the molecule is Cc1cc(NC(=O)COC(=O)CCNC(=O)c2ccc(Br)cc2)no1. The van der Waals surface area contributed by atoms with Gasteiger partial charge in [0.05, 0.1) is 6.42 Å². The Hall–Kier alpha value is -2.68. The summed E-state index contributed by atoms with van der Waals surface area (Å²) in [6, 6.07) is 8.36. The molecule has 2 amide bonds. The van der Waals surface area contributed by atoms with E-state index in [-0.39, 0.29) is 24.7 Å². The minimum absolute atomic E-state index is 0.0430. The van der Waals surface area contributed by atoms with Gasteiger partial charge in [0.1, 0.15) is 5.76 Å². The van der Waals surface area contributed by atoms with E-state index >= 15 is 0 Å². The topological polar surface area (TPSA) is 111 Å². The number of benzene rings is 1. The predicted molar refractivity (Wildman–Crippen MR) is 91.9 cm³/mol. The van der Waals surface area contributed by atoms with Gasteiger partial charge in [0.2, 0.25) is 0 Å². The fourth-order valence-electron chi connectivity index (χ4n) is 1.80. The van der Waals surface area contributed by atoms with Crippen molar-refractivity contribution in [3.63, 3.8) is 0 Å². The van der Waals surface area contributed by atoms with Gasteiger partial charge < -0.3 is 19.9 Å². The average Bonchev–Trinajstić information content (AvgIpc) is 2.98. The molecule has 9 heteroatoms. The molecule has 25 heavy (non-hydrogen) atoms. The Morgan fingerprint density at radius 3 is 2.60 bits per heavy atom. The van der Waals surface area contributed by atoms with E-state index in [1.54, 1.807) is 31.2 Å². The lowest BCUT2D eigenvalue weighted by atomic mass is 10.2. The van der Waals surface area contributed by atoms with Crippen LogP contribution in [0.3, 0.4) is 0 Å². The Bertz CT molecular complexity index is 757. The van der Waals surface area contributed by atoms with Crippen molar-refractivity contribution in [3.05, 3.63) is 46.1 Å². The van der Waals surface area contributed by atoms with Gasteiger partial charge in [0, 0.05) is 22.6 Å². The van der Waals surface area contributed by atoms with Crippen molar-refractivity contribution in [2.75, 3.05) is 18.5 Å². The summed E-state index contributed by atoms with van der Waals surface area (Å²) in [6.45, 7) is 1.36. The molecule has 132 valence electrons. The molecule has 0 saturated heterocycles. The van der Waals surface area contributed by atoms with E-state index < -0.39 is 18.5 Å². The summed E-state index contributed by atoms with van der Waals surface area (Å²) < 4.78 is 10.5. The van der Waals surface area contributed by atoms with Crippen LogP contribution in [-0.2, 0) is 14.3 Å². The Balaban J connectivity index is 1.64. The number of nitrogens with one attached hydrogen (secondary N) is 2. The standard InChI is InChI=1S/C16H16BrN3O5/c1-10-8-13(20-25-10)19-14(21)9-24-15(22)6-7-18-16(23)11-2-4-12(17)5-3-11/h2-5,8H,6-7,9H2,1H3,(H,18,23)(H,19,20,21). The summed E-state index contributed by atoms with van der Waals surface area (Å²) in [4.78, 5) is 35.0. The maximum Gasteiger partial charge on any atom is 0.308 e. The second-order valence-electron chi connectivity index (χ2n) is 5.04. The highest BCUT2D eigenvalue weighted by atomic mass is 79.9. The second-order valence-corrected chi connectivity index (χ2v) is 5.96. The normalized spacial score (nSPS) is 10.2. The third-order valence-electron chi connectivity index (χ3n) is 2.98. The molecule has 8 nitrogen and oxygen atoms in total. The fourth-order valence-corrected chi connectivity index (χ4v) is 2.07. The van der Waals surface area contributed by atoms with Crippen molar-refractivity contribution in [2.24, 2.45) is 0 Å². The highest BCUT2D eigenvalue weighted by Gasteiger charge is 2.11. The summed E-state index contributed by atoms with van der Waals surface area (Å²) in [6.07, 6.45) is -0.0430. The first-order valence-electron chi connectivity index (χ1n) is 7.36. The van der Waals surface area contributed by atoms with Crippen LogP contribution >= 0.6 is 15.9 Å². The van der Waals surface area contributed by atoms with Gasteiger partial charge in [-0.3, -0.25) is 14.4 Å². The Kier molecular flexibility index (Phi) is 6.70. The molecule has 1 heterocycles. The molecule has 2 aromatic rings. The van der Waals surface area contributed by atoms with Crippen LogP contribution in [-0.4, -0.2) is 36.1 Å². The van der Waals surface area contributed by atoms with Crippen molar-refractivity contribution >= 4 is 39.5 Å². The quantitative estimate of drug-likeness (QED) is 0.676. The number of carbonyl (C=O) groups is 3. The number of anilines is 1. The van der Waals surface area contributed by atoms with E-state index in [9.17, 15) is 14.4 Å². The second kappa shape index (κ2) is 8.97. The molecule has 0 saturated carbocycles. The number of rotatable bonds is 7. The number of hydrogen-bond donors (Lipinski definition) is 2. The van der Waals surface area contributed by atoms with Gasteiger partial charge in [0.15, 0.2) is 12.4 Å². The van der Waals surface area contributed by atoms with Crippen molar-refractivity contribution in [1.29, 1.82) is 0 Å². The molecule has 0 radical (unpaired) electrons. The molecular formula is C16H16BrN3O5. The van der Waals surface area contributed by atoms with E-state index in [0.29, 0.717) is 11.3 Å². The van der Waals surface area contributed by atoms with Crippen molar-refractivity contribution in [3.8, 4) is 0 Å². The molecule has 0 spiro atoms. The molecule has 1 aromatic heterocycles. The number of halogens is 1. The Labute approximate surface area is 152 Å². The number of hydrogen-bond acceptors (Lipinski definition) is 6. The maximum absolute atomic E-state index is 11.9. The van der Waals surface area contributed by atoms with Crippen LogP contribution in [0.15, 0.2) is 39.3 Å². The van der Waals surface area contributed by atoms with Gasteiger partial charge in [-0.05, 0) is 31.2 Å². The Morgan fingerprint density at radius 1 is 1.24 bits per heavy atom. The summed E-state index contributed by atoms with van der Waals surface area (Å²) in [5.74, 6) is -0.614. The maximum atomic E-state index is 11.9. The lowest BCUT2D eigenvalue weighted by molar-refractivity contribution is -0.147. The molecule has 0 aliphatic heterocycles. The molecule has 0 fully saturated rings.